The Morgan fingerprint density at radius 2 is 1.84 bits per heavy atom. The quantitative estimate of drug-likeness (QED) is 0.647. The van der Waals surface area contributed by atoms with E-state index in [1.807, 2.05) is 18.2 Å². The summed E-state index contributed by atoms with van der Waals surface area (Å²) in [4.78, 5) is 0. The predicted molar refractivity (Wildman–Crippen MR) is 84.4 cm³/mol. The molecule has 0 atom stereocenters. The van der Waals surface area contributed by atoms with Gasteiger partial charge in [0.2, 0.25) is 0 Å². The normalized spacial score (nSPS) is 10.8. The van der Waals surface area contributed by atoms with Gasteiger partial charge in [-0.3, -0.25) is 0 Å². The number of halogens is 1. The van der Waals surface area contributed by atoms with Gasteiger partial charge in [-0.05, 0) is 47.7 Å². The van der Waals surface area contributed by atoms with Crippen LogP contribution in [0, 0.1) is 6.92 Å². The summed E-state index contributed by atoms with van der Waals surface area (Å²) in [7, 11) is 0. The molecule has 2 rings (SSSR count). The Labute approximate surface area is 123 Å². The van der Waals surface area contributed by atoms with Crippen LogP contribution in [0.3, 0.4) is 0 Å². The van der Waals surface area contributed by atoms with E-state index in [9.17, 15) is 0 Å². The van der Waals surface area contributed by atoms with Crippen molar-refractivity contribution in [2.45, 2.75) is 32.0 Å². The first-order valence-electron chi connectivity index (χ1n) is 6.54. The lowest BCUT2D eigenvalue weighted by Gasteiger charge is -2.14. The Bertz CT molecular complexity index is 561. The number of ether oxygens (including phenoxy) is 1. The van der Waals surface area contributed by atoms with Crippen molar-refractivity contribution < 1.29 is 4.74 Å². The van der Waals surface area contributed by atoms with Crippen LogP contribution in [0.4, 0.5) is 0 Å². The summed E-state index contributed by atoms with van der Waals surface area (Å²) < 4.78 is 6.04. The lowest BCUT2D eigenvalue weighted by atomic mass is 10.0. The maximum absolute atomic E-state index is 6.04. The van der Waals surface area contributed by atoms with Gasteiger partial charge in [0.1, 0.15) is 11.5 Å². The van der Waals surface area contributed by atoms with Gasteiger partial charge in [0.25, 0.3) is 0 Å². The Kier molecular flexibility index (Phi) is 4.65. The molecule has 0 aliphatic carbocycles. The second kappa shape index (κ2) is 6.25. The highest BCUT2D eigenvalue weighted by Crippen LogP contribution is 2.31. The Morgan fingerprint density at radius 3 is 2.47 bits per heavy atom. The third-order valence-electron chi connectivity index (χ3n) is 3.23. The monoisotopic (exact) mass is 318 g/mol. The van der Waals surface area contributed by atoms with Gasteiger partial charge in [0, 0.05) is 5.33 Å². The Morgan fingerprint density at radius 1 is 1.11 bits per heavy atom. The largest absolute Gasteiger partial charge is 0.457 e. The van der Waals surface area contributed by atoms with Crippen LogP contribution in [0.5, 0.6) is 11.5 Å². The van der Waals surface area contributed by atoms with E-state index in [4.69, 9.17) is 4.74 Å². The lowest BCUT2D eigenvalue weighted by Crippen LogP contribution is -1.94. The average Bonchev–Trinajstić information content (AvgIpc) is 2.39. The highest BCUT2D eigenvalue weighted by molar-refractivity contribution is 9.08. The molecule has 0 spiro atoms. The van der Waals surface area contributed by atoms with Gasteiger partial charge in [-0.2, -0.15) is 0 Å². The maximum atomic E-state index is 6.04. The summed E-state index contributed by atoms with van der Waals surface area (Å²) in [6, 6.07) is 14.5. The summed E-state index contributed by atoms with van der Waals surface area (Å²) in [5.41, 5.74) is 3.78. The first-order chi connectivity index (χ1) is 9.11. The van der Waals surface area contributed by atoms with Crippen LogP contribution in [0.1, 0.15) is 36.5 Å². The fourth-order valence-corrected chi connectivity index (χ4v) is 2.69. The van der Waals surface area contributed by atoms with Gasteiger partial charge in [-0.1, -0.05) is 54.0 Å². The van der Waals surface area contributed by atoms with Crippen molar-refractivity contribution in [1.29, 1.82) is 0 Å². The number of alkyl halides is 1. The van der Waals surface area contributed by atoms with E-state index in [0.29, 0.717) is 5.92 Å². The highest BCUT2D eigenvalue weighted by Gasteiger charge is 2.08. The van der Waals surface area contributed by atoms with Crippen molar-refractivity contribution >= 4 is 15.9 Å². The van der Waals surface area contributed by atoms with Gasteiger partial charge in [0.15, 0.2) is 0 Å². The molecule has 0 bridgehead atoms. The zero-order chi connectivity index (χ0) is 13.8. The summed E-state index contributed by atoms with van der Waals surface area (Å²) >= 11 is 3.49. The Balaban J connectivity index is 2.29. The molecule has 1 nitrogen and oxygen atoms in total. The molecule has 0 aliphatic heterocycles. The predicted octanol–water partition coefficient (Wildman–Crippen LogP) is 5.81. The third-order valence-corrected chi connectivity index (χ3v) is 3.83. The molecule has 19 heavy (non-hydrogen) atoms. The topological polar surface area (TPSA) is 9.23 Å². The van der Waals surface area contributed by atoms with E-state index in [1.165, 1.54) is 16.7 Å². The molecule has 2 heteroatoms. The van der Waals surface area contributed by atoms with E-state index in [0.717, 1.165) is 16.8 Å². The molecule has 100 valence electrons. The van der Waals surface area contributed by atoms with Crippen LogP contribution in [0.2, 0.25) is 0 Å². The summed E-state index contributed by atoms with van der Waals surface area (Å²) in [6.45, 7) is 6.47. The van der Waals surface area contributed by atoms with Crippen LogP contribution in [0.15, 0.2) is 42.5 Å². The first kappa shape index (κ1) is 14.1. The number of aryl methyl sites for hydroxylation is 1. The van der Waals surface area contributed by atoms with Gasteiger partial charge in [0.05, 0.1) is 0 Å². The van der Waals surface area contributed by atoms with Gasteiger partial charge in [-0.15, -0.1) is 0 Å². The standard InChI is InChI=1S/C17H19BrO/c1-12(2)16-6-4-5-7-17(16)19-15-9-8-14(11-18)13(3)10-15/h4-10,12H,11H2,1-3H3. The molecular weight excluding hydrogens is 300 g/mol. The van der Waals surface area contributed by atoms with Crippen molar-refractivity contribution in [1.82, 2.24) is 0 Å². The van der Waals surface area contributed by atoms with Crippen LogP contribution in [-0.4, -0.2) is 0 Å². The van der Waals surface area contributed by atoms with Crippen molar-refractivity contribution in [3.63, 3.8) is 0 Å². The molecule has 0 heterocycles. The molecule has 0 amide bonds. The van der Waals surface area contributed by atoms with Gasteiger partial charge in [-0.25, -0.2) is 0 Å². The highest BCUT2D eigenvalue weighted by atomic mass is 79.9. The first-order valence-corrected chi connectivity index (χ1v) is 7.66. The van der Waals surface area contributed by atoms with E-state index in [1.54, 1.807) is 0 Å². The Hall–Kier alpha value is -1.28. The van der Waals surface area contributed by atoms with E-state index >= 15 is 0 Å². The minimum atomic E-state index is 0.458. The third kappa shape index (κ3) is 3.38. The molecule has 2 aromatic carbocycles. The minimum absolute atomic E-state index is 0.458. The smallest absolute Gasteiger partial charge is 0.130 e. The van der Waals surface area contributed by atoms with E-state index in [-0.39, 0.29) is 0 Å². The number of para-hydroxylation sites is 1. The lowest BCUT2D eigenvalue weighted by molar-refractivity contribution is 0.472. The average molecular weight is 319 g/mol. The van der Waals surface area contributed by atoms with E-state index in [2.05, 4.69) is 61.0 Å². The molecule has 0 N–H and O–H groups in total. The number of rotatable bonds is 4. The molecule has 0 fully saturated rings. The zero-order valence-electron chi connectivity index (χ0n) is 11.6. The van der Waals surface area contributed by atoms with Gasteiger partial charge < -0.3 is 4.74 Å². The minimum Gasteiger partial charge on any atom is -0.457 e. The summed E-state index contributed by atoms with van der Waals surface area (Å²) in [5.74, 6) is 2.30. The summed E-state index contributed by atoms with van der Waals surface area (Å²) in [5, 5.41) is 0.877. The van der Waals surface area contributed by atoms with Crippen LogP contribution in [0.25, 0.3) is 0 Å². The second-order valence-electron chi connectivity index (χ2n) is 5.02. The summed E-state index contributed by atoms with van der Waals surface area (Å²) in [6.07, 6.45) is 0. The molecule has 0 aromatic heterocycles. The van der Waals surface area contributed by atoms with Gasteiger partial charge >= 0.3 is 0 Å². The second-order valence-corrected chi connectivity index (χ2v) is 5.58. The fraction of sp³-hybridized carbons (Fsp3) is 0.294. The van der Waals surface area contributed by atoms with Crippen molar-refractivity contribution in [3.8, 4) is 11.5 Å². The molecule has 0 radical (unpaired) electrons. The van der Waals surface area contributed by atoms with Crippen molar-refractivity contribution in [2.75, 3.05) is 0 Å². The number of benzene rings is 2. The van der Waals surface area contributed by atoms with E-state index < -0.39 is 0 Å². The molecule has 0 aliphatic rings. The zero-order valence-corrected chi connectivity index (χ0v) is 13.2. The van der Waals surface area contributed by atoms with Crippen molar-refractivity contribution in [2.24, 2.45) is 0 Å². The molecule has 0 saturated heterocycles. The molecule has 0 saturated carbocycles. The van der Waals surface area contributed by atoms with Crippen molar-refractivity contribution in [3.05, 3.63) is 59.2 Å². The molecular formula is C17H19BrO. The number of hydrogen-bond donors (Lipinski definition) is 0. The van der Waals surface area contributed by atoms with Crippen LogP contribution < -0.4 is 4.74 Å². The SMILES string of the molecule is Cc1cc(Oc2ccccc2C(C)C)ccc1CBr. The number of hydrogen-bond acceptors (Lipinski definition) is 1. The molecule has 0 unspecified atom stereocenters. The molecule has 2 aromatic rings. The fourth-order valence-electron chi connectivity index (χ4n) is 2.06. The van der Waals surface area contributed by atoms with Crippen LogP contribution >= 0.6 is 15.9 Å². The van der Waals surface area contributed by atoms with Crippen LogP contribution in [-0.2, 0) is 5.33 Å². The maximum Gasteiger partial charge on any atom is 0.130 e.